The maximum absolute atomic E-state index is 9.78. The van der Waals surface area contributed by atoms with Gasteiger partial charge in [0.15, 0.2) is 0 Å². The van der Waals surface area contributed by atoms with Crippen molar-refractivity contribution in [1.29, 1.82) is 0 Å². The second-order valence-electron chi connectivity index (χ2n) is 6.59. The molecular formula is C19H36O5. The average molecular weight is 344 g/mol. The Morgan fingerprint density at radius 2 is 1.71 bits per heavy atom. The maximum atomic E-state index is 9.78. The van der Waals surface area contributed by atoms with Gasteiger partial charge in [-0.1, -0.05) is 51.2 Å². The van der Waals surface area contributed by atoms with Crippen LogP contribution >= 0.6 is 0 Å². The van der Waals surface area contributed by atoms with E-state index in [9.17, 15) is 15.3 Å². The zero-order chi connectivity index (χ0) is 17.6. The molecule has 0 aromatic carbocycles. The molecule has 5 heteroatoms. The summed E-state index contributed by atoms with van der Waals surface area (Å²) in [5.41, 5.74) is 0. The Kier molecular flexibility index (Phi) is 12.4. The molecule has 0 aromatic rings. The van der Waals surface area contributed by atoms with Gasteiger partial charge in [0, 0.05) is 6.61 Å². The van der Waals surface area contributed by atoms with E-state index in [0.717, 1.165) is 19.3 Å². The van der Waals surface area contributed by atoms with Gasteiger partial charge in [0.2, 0.25) is 0 Å². The zero-order valence-corrected chi connectivity index (χ0v) is 15.1. The van der Waals surface area contributed by atoms with Gasteiger partial charge in [-0.05, 0) is 25.7 Å². The first-order chi connectivity index (χ1) is 11.7. The number of hydrogen-bond donors (Lipinski definition) is 3. The topological polar surface area (TPSA) is 79.2 Å². The summed E-state index contributed by atoms with van der Waals surface area (Å²) in [6, 6.07) is 0. The first kappa shape index (κ1) is 21.6. The standard InChI is InChI=1S/C19H36O5/c1-2-3-4-5-6-7-8-9-10-11-12-13-23-17(14-20)19-18(22)16(21)15-24-19/h3-4,16-22H,2,5-15H2,1H3/b4-3+/t16-,17+,18-,19-/m1/s1. The fourth-order valence-corrected chi connectivity index (χ4v) is 2.97. The van der Waals surface area contributed by atoms with Crippen molar-refractivity contribution in [3.63, 3.8) is 0 Å². The second kappa shape index (κ2) is 13.8. The number of aliphatic hydroxyl groups is 3. The Bertz CT molecular complexity index is 321. The molecule has 3 N–H and O–H groups in total. The molecule has 5 nitrogen and oxygen atoms in total. The van der Waals surface area contributed by atoms with Crippen molar-refractivity contribution in [2.24, 2.45) is 0 Å². The molecule has 1 fully saturated rings. The van der Waals surface area contributed by atoms with E-state index in [1.54, 1.807) is 0 Å². The molecule has 0 bridgehead atoms. The summed E-state index contributed by atoms with van der Waals surface area (Å²) in [5.74, 6) is 0. The molecule has 0 aromatic heterocycles. The lowest BCUT2D eigenvalue weighted by atomic mass is 10.1. The number of unbranched alkanes of at least 4 members (excludes halogenated alkanes) is 7. The summed E-state index contributed by atoms with van der Waals surface area (Å²) >= 11 is 0. The van der Waals surface area contributed by atoms with Gasteiger partial charge in [-0.2, -0.15) is 0 Å². The van der Waals surface area contributed by atoms with Crippen LogP contribution < -0.4 is 0 Å². The molecule has 4 atom stereocenters. The van der Waals surface area contributed by atoms with Gasteiger partial charge in [-0.3, -0.25) is 0 Å². The number of ether oxygens (including phenoxy) is 2. The van der Waals surface area contributed by atoms with Crippen LogP contribution in [0.4, 0.5) is 0 Å². The largest absolute Gasteiger partial charge is 0.394 e. The van der Waals surface area contributed by atoms with E-state index < -0.39 is 24.4 Å². The molecule has 0 radical (unpaired) electrons. The highest BCUT2D eigenvalue weighted by molar-refractivity contribution is 4.88. The van der Waals surface area contributed by atoms with Crippen LogP contribution in [0.25, 0.3) is 0 Å². The predicted octanol–water partition coefficient (Wildman–Crippen LogP) is 2.57. The van der Waals surface area contributed by atoms with Gasteiger partial charge in [0.05, 0.1) is 13.2 Å². The van der Waals surface area contributed by atoms with Crippen molar-refractivity contribution in [1.82, 2.24) is 0 Å². The molecular weight excluding hydrogens is 308 g/mol. The van der Waals surface area contributed by atoms with Gasteiger partial charge in [-0.25, -0.2) is 0 Å². The lowest BCUT2D eigenvalue weighted by Gasteiger charge is -2.24. The molecule has 1 heterocycles. The van der Waals surface area contributed by atoms with E-state index in [1.165, 1.54) is 38.5 Å². The van der Waals surface area contributed by atoms with Crippen LogP contribution in [0.1, 0.15) is 64.7 Å². The summed E-state index contributed by atoms with van der Waals surface area (Å²) in [6.45, 7) is 2.60. The van der Waals surface area contributed by atoms with Crippen LogP contribution in [0.15, 0.2) is 12.2 Å². The molecule has 142 valence electrons. The normalized spacial score (nSPS) is 25.6. The number of rotatable bonds is 14. The SMILES string of the molecule is CC/C=C/CCCCCCCCCO[C@@H](CO)[C@H]1OC[C@@H](O)[C@H]1O. The highest BCUT2D eigenvalue weighted by Gasteiger charge is 2.40. The summed E-state index contributed by atoms with van der Waals surface area (Å²) in [5, 5.41) is 28.6. The van der Waals surface area contributed by atoms with Gasteiger partial charge < -0.3 is 24.8 Å². The highest BCUT2D eigenvalue weighted by Crippen LogP contribution is 2.20. The summed E-state index contributed by atoms with van der Waals surface area (Å²) in [6.07, 6.45) is 12.2. The highest BCUT2D eigenvalue weighted by atomic mass is 16.6. The smallest absolute Gasteiger partial charge is 0.114 e. The molecule has 1 aliphatic heterocycles. The Morgan fingerprint density at radius 3 is 2.29 bits per heavy atom. The van der Waals surface area contributed by atoms with Crippen LogP contribution in [0.5, 0.6) is 0 Å². The Hall–Kier alpha value is -0.460. The van der Waals surface area contributed by atoms with Crippen LogP contribution in [0.2, 0.25) is 0 Å². The number of hydrogen-bond acceptors (Lipinski definition) is 5. The summed E-state index contributed by atoms with van der Waals surface area (Å²) in [7, 11) is 0. The molecule has 1 rings (SSSR count). The summed E-state index contributed by atoms with van der Waals surface area (Å²) < 4.78 is 10.9. The zero-order valence-electron chi connectivity index (χ0n) is 15.1. The van der Waals surface area contributed by atoms with Gasteiger partial charge in [0.25, 0.3) is 0 Å². The third-order valence-electron chi connectivity index (χ3n) is 4.49. The third-order valence-corrected chi connectivity index (χ3v) is 4.49. The van der Waals surface area contributed by atoms with E-state index in [1.807, 2.05) is 0 Å². The Morgan fingerprint density at radius 1 is 1.04 bits per heavy atom. The molecule has 0 aliphatic carbocycles. The molecule has 24 heavy (non-hydrogen) atoms. The molecule has 0 amide bonds. The fraction of sp³-hybridized carbons (Fsp3) is 0.895. The minimum Gasteiger partial charge on any atom is -0.394 e. The number of aliphatic hydroxyl groups excluding tert-OH is 3. The van der Waals surface area contributed by atoms with Crippen molar-refractivity contribution in [2.75, 3.05) is 19.8 Å². The van der Waals surface area contributed by atoms with E-state index in [0.29, 0.717) is 6.61 Å². The fourth-order valence-electron chi connectivity index (χ4n) is 2.97. The lowest BCUT2D eigenvalue weighted by molar-refractivity contribution is -0.101. The molecule has 1 aliphatic rings. The molecule has 0 spiro atoms. The van der Waals surface area contributed by atoms with Crippen molar-refractivity contribution in [3.05, 3.63) is 12.2 Å². The van der Waals surface area contributed by atoms with E-state index in [4.69, 9.17) is 9.47 Å². The van der Waals surface area contributed by atoms with E-state index in [-0.39, 0.29) is 13.2 Å². The molecule has 0 unspecified atom stereocenters. The van der Waals surface area contributed by atoms with Gasteiger partial charge in [-0.15, -0.1) is 0 Å². The summed E-state index contributed by atoms with van der Waals surface area (Å²) in [4.78, 5) is 0. The van der Waals surface area contributed by atoms with Crippen molar-refractivity contribution < 1.29 is 24.8 Å². The lowest BCUT2D eigenvalue weighted by Crippen LogP contribution is -2.42. The van der Waals surface area contributed by atoms with E-state index in [2.05, 4.69) is 19.1 Å². The third kappa shape index (κ3) is 8.58. The quantitative estimate of drug-likeness (QED) is 0.333. The minimum atomic E-state index is -0.977. The van der Waals surface area contributed by atoms with Crippen molar-refractivity contribution in [2.45, 2.75) is 89.1 Å². The predicted molar refractivity (Wildman–Crippen MR) is 94.9 cm³/mol. The first-order valence-electron chi connectivity index (χ1n) is 9.55. The van der Waals surface area contributed by atoms with Crippen LogP contribution in [0, 0.1) is 0 Å². The Labute approximate surface area is 146 Å². The van der Waals surface area contributed by atoms with Gasteiger partial charge in [0.1, 0.15) is 24.4 Å². The second-order valence-corrected chi connectivity index (χ2v) is 6.59. The van der Waals surface area contributed by atoms with Crippen LogP contribution in [-0.2, 0) is 9.47 Å². The van der Waals surface area contributed by atoms with E-state index >= 15 is 0 Å². The minimum absolute atomic E-state index is 0.0972. The van der Waals surface area contributed by atoms with Crippen LogP contribution in [0.3, 0.4) is 0 Å². The van der Waals surface area contributed by atoms with Crippen molar-refractivity contribution >= 4 is 0 Å². The maximum Gasteiger partial charge on any atom is 0.114 e. The van der Waals surface area contributed by atoms with Crippen LogP contribution in [-0.4, -0.2) is 59.6 Å². The van der Waals surface area contributed by atoms with Gasteiger partial charge >= 0.3 is 0 Å². The van der Waals surface area contributed by atoms with Crippen molar-refractivity contribution in [3.8, 4) is 0 Å². The Balaban J connectivity index is 1.94. The first-order valence-corrected chi connectivity index (χ1v) is 9.55. The molecule has 1 saturated heterocycles. The average Bonchev–Trinajstić information content (AvgIpc) is 2.92. The monoisotopic (exact) mass is 344 g/mol. The molecule has 0 saturated carbocycles. The number of allylic oxidation sites excluding steroid dienone is 2.